The number of rotatable bonds is 2. The second-order valence-corrected chi connectivity index (χ2v) is 5.71. The number of carbonyl (C=O) groups excluding carboxylic acids is 1. The number of phenolic OH excluding ortho intramolecular Hbond substituents is 1. The molecule has 98 valence electrons. The number of ether oxygens (including phenoxy) is 1. The quantitative estimate of drug-likeness (QED) is 0.613. The SMILES string of the molecule is Cc1ccccc1OC(=O)c1cc(Br)cc(Br)c1O. The topological polar surface area (TPSA) is 46.5 Å². The number of hydrogen-bond acceptors (Lipinski definition) is 3. The number of aromatic hydroxyl groups is 1. The molecule has 0 spiro atoms. The number of aryl methyl sites for hydroxylation is 1. The number of phenols is 1. The number of esters is 1. The molecule has 0 amide bonds. The fraction of sp³-hybridized carbons (Fsp3) is 0.0714. The van der Waals surface area contributed by atoms with Gasteiger partial charge in [-0.15, -0.1) is 0 Å². The van der Waals surface area contributed by atoms with E-state index in [9.17, 15) is 9.90 Å². The van der Waals surface area contributed by atoms with Crippen LogP contribution in [0.2, 0.25) is 0 Å². The maximum atomic E-state index is 12.1. The summed E-state index contributed by atoms with van der Waals surface area (Å²) in [5, 5.41) is 9.87. The predicted octanol–water partition coefficient (Wildman–Crippen LogP) is 4.44. The summed E-state index contributed by atoms with van der Waals surface area (Å²) in [6.45, 7) is 1.85. The third kappa shape index (κ3) is 3.16. The van der Waals surface area contributed by atoms with Gasteiger partial charge < -0.3 is 9.84 Å². The first kappa shape index (κ1) is 14.1. The largest absolute Gasteiger partial charge is 0.506 e. The average molecular weight is 386 g/mol. The van der Waals surface area contributed by atoms with E-state index in [2.05, 4.69) is 31.9 Å². The summed E-state index contributed by atoms with van der Waals surface area (Å²) < 4.78 is 6.39. The van der Waals surface area contributed by atoms with E-state index in [-0.39, 0.29) is 11.3 Å². The zero-order chi connectivity index (χ0) is 14.0. The second-order valence-electron chi connectivity index (χ2n) is 3.94. The summed E-state index contributed by atoms with van der Waals surface area (Å²) in [4.78, 5) is 12.1. The Morgan fingerprint density at radius 3 is 2.58 bits per heavy atom. The van der Waals surface area contributed by atoms with Gasteiger partial charge in [0.05, 0.1) is 4.47 Å². The van der Waals surface area contributed by atoms with Crippen LogP contribution in [-0.2, 0) is 0 Å². The molecule has 2 aromatic rings. The lowest BCUT2D eigenvalue weighted by Crippen LogP contribution is -2.09. The van der Waals surface area contributed by atoms with Gasteiger partial charge in [0.25, 0.3) is 0 Å². The average Bonchev–Trinajstić information content (AvgIpc) is 2.36. The minimum absolute atomic E-state index is 0.101. The van der Waals surface area contributed by atoms with Crippen LogP contribution in [0.15, 0.2) is 45.3 Å². The van der Waals surface area contributed by atoms with E-state index in [1.807, 2.05) is 19.1 Å². The molecular formula is C14H10Br2O3. The van der Waals surface area contributed by atoms with Crippen molar-refractivity contribution in [2.75, 3.05) is 0 Å². The molecule has 0 radical (unpaired) electrons. The maximum Gasteiger partial charge on any atom is 0.347 e. The number of benzene rings is 2. The van der Waals surface area contributed by atoms with Gasteiger partial charge in [0.2, 0.25) is 0 Å². The molecule has 0 bridgehead atoms. The van der Waals surface area contributed by atoms with Gasteiger partial charge in [0.15, 0.2) is 0 Å². The Hall–Kier alpha value is -1.33. The summed E-state index contributed by atoms with van der Waals surface area (Å²) in [6, 6.07) is 10.4. The maximum absolute atomic E-state index is 12.1. The van der Waals surface area contributed by atoms with Gasteiger partial charge in [-0.05, 0) is 46.6 Å². The van der Waals surface area contributed by atoms with Crippen molar-refractivity contribution in [3.05, 3.63) is 56.5 Å². The molecule has 0 fully saturated rings. The van der Waals surface area contributed by atoms with Crippen molar-refractivity contribution >= 4 is 37.8 Å². The molecule has 0 aliphatic heterocycles. The lowest BCUT2D eigenvalue weighted by molar-refractivity contribution is 0.0730. The minimum atomic E-state index is -0.603. The monoisotopic (exact) mass is 384 g/mol. The first-order chi connectivity index (χ1) is 8.99. The van der Waals surface area contributed by atoms with Crippen molar-refractivity contribution in [3.8, 4) is 11.5 Å². The molecule has 0 unspecified atom stereocenters. The van der Waals surface area contributed by atoms with Crippen molar-refractivity contribution in [2.24, 2.45) is 0 Å². The molecule has 19 heavy (non-hydrogen) atoms. The number of para-hydroxylation sites is 1. The lowest BCUT2D eigenvalue weighted by atomic mass is 10.2. The van der Waals surface area contributed by atoms with E-state index in [0.29, 0.717) is 14.7 Å². The van der Waals surface area contributed by atoms with Gasteiger partial charge in [-0.2, -0.15) is 0 Å². The van der Waals surface area contributed by atoms with E-state index in [0.717, 1.165) is 5.56 Å². The summed E-state index contributed by atoms with van der Waals surface area (Å²) >= 11 is 6.44. The smallest absolute Gasteiger partial charge is 0.347 e. The van der Waals surface area contributed by atoms with Gasteiger partial charge in [-0.1, -0.05) is 34.1 Å². The highest BCUT2D eigenvalue weighted by Gasteiger charge is 2.17. The molecule has 0 aliphatic carbocycles. The van der Waals surface area contributed by atoms with Crippen LogP contribution in [0.4, 0.5) is 0 Å². The van der Waals surface area contributed by atoms with Crippen LogP contribution in [-0.4, -0.2) is 11.1 Å². The van der Waals surface area contributed by atoms with Crippen LogP contribution in [0.25, 0.3) is 0 Å². The Labute approximate surface area is 127 Å². The molecule has 5 heteroatoms. The molecule has 1 N–H and O–H groups in total. The van der Waals surface area contributed by atoms with Crippen molar-refractivity contribution in [1.82, 2.24) is 0 Å². The zero-order valence-corrected chi connectivity index (χ0v) is 13.2. The first-order valence-corrected chi connectivity index (χ1v) is 7.03. The van der Waals surface area contributed by atoms with Crippen molar-refractivity contribution in [1.29, 1.82) is 0 Å². The lowest BCUT2D eigenvalue weighted by Gasteiger charge is -2.09. The van der Waals surface area contributed by atoms with Gasteiger partial charge >= 0.3 is 5.97 Å². The third-order valence-corrected chi connectivity index (χ3v) is 3.61. The molecule has 0 aromatic heterocycles. The van der Waals surface area contributed by atoms with Gasteiger partial charge in [0.1, 0.15) is 17.1 Å². The summed E-state index contributed by atoms with van der Waals surface area (Å²) in [6.07, 6.45) is 0. The molecular weight excluding hydrogens is 376 g/mol. The first-order valence-electron chi connectivity index (χ1n) is 5.45. The second kappa shape index (κ2) is 5.75. The Bertz CT molecular complexity index is 639. The van der Waals surface area contributed by atoms with Gasteiger partial charge in [0, 0.05) is 4.47 Å². The van der Waals surface area contributed by atoms with E-state index in [1.54, 1.807) is 18.2 Å². The molecule has 0 heterocycles. The zero-order valence-electron chi connectivity index (χ0n) is 9.98. The van der Waals surface area contributed by atoms with Gasteiger partial charge in [-0.3, -0.25) is 0 Å². The van der Waals surface area contributed by atoms with E-state index in [4.69, 9.17) is 4.74 Å². The standard InChI is InChI=1S/C14H10Br2O3/c1-8-4-2-3-5-12(8)19-14(18)10-6-9(15)7-11(16)13(10)17/h2-7,17H,1H3. The summed E-state index contributed by atoms with van der Waals surface area (Å²) in [7, 11) is 0. The molecule has 2 rings (SSSR count). The van der Waals surface area contributed by atoms with Crippen LogP contribution in [0, 0.1) is 6.92 Å². The molecule has 0 aliphatic rings. The number of carbonyl (C=O) groups is 1. The fourth-order valence-corrected chi connectivity index (χ4v) is 2.77. The Kier molecular flexibility index (Phi) is 4.27. The number of halogens is 2. The van der Waals surface area contributed by atoms with Crippen LogP contribution in [0.3, 0.4) is 0 Å². The highest BCUT2D eigenvalue weighted by atomic mass is 79.9. The Morgan fingerprint density at radius 2 is 1.89 bits per heavy atom. The van der Waals surface area contributed by atoms with E-state index < -0.39 is 5.97 Å². The van der Waals surface area contributed by atoms with Gasteiger partial charge in [-0.25, -0.2) is 4.79 Å². The predicted molar refractivity (Wildman–Crippen MR) is 79.6 cm³/mol. The fourth-order valence-electron chi connectivity index (χ4n) is 1.55. The van der Waals surface area contributed by atoms with Crippen molar-refractivity contribution in [3.63, 3.8) is 0 Å². The van der Waals surface area contributed by atoms with Crippen LogP contribution in [0.1, 0.15) is 15.9 Å². The highest BCUT2D eigenvalue weighted by molar-refractivity contribution is 9.11. The number of hydrogen-bond donors (Lipinski definition) is 1. The van der Waals surface area contributed by atoms with E-state index >= 15 is 0 Å². The van der Waals surface area contributed by atoms with Crippen LogP contribution < -0.4 is 4.74 Å². The molecule has 0 saturated heterocycles. The minimum Gasteiger partial charge on any atom is -0.506 e. The Balaban J connectivity index is 2.33. The third-order valence-electron chi connectivity index (χ3n) is 2.54. The van der Waals surface area contributed by atoms with Crippen molar-refractivity contribution < 1.29 is 14.6 Å². The normalized spacial score (nSPS) is 10.3. The van der Waals surface area contributed by atoms with Crippen molar-refractivity contribution in [2.45, 2.75) is 6.92 Å². The highest BCUT2D eigenvalue weighted by Crippen LogP contribution is 2.32. The Morgan fingerprint density at radius 1 is 1.21 bits per heavy atom. The summed E-state index contributed by atoms with van der Waals surface area (Å²) in [5.74, 6) is -0.265. The molecule has 3 nitrogen and oxygen atoms in total. The summed E-state index contributed by atoms with van der Waals surface area (Å²) in [5.41, 5.74) is 0.953. The molecule has 0 saturated carbocycles. The van der Waals surface area contributed by atoms with Crippen LogP contribution in [0.5, 0.6) is 11.5 Å². The van der Waals surface area contributed by atoms with E-state index in [1.165, 1.54) is 6.07 Å². The molecule has 0 atom stereocenters. The molecule has 2 aromatic carbocycles. The van der Waals surface area contributed by atoms with Crippen LogP contribution >= 0.6 is 31.9 Å².